The summed E-state index contributed by atoms with van der Waals surface area (Å²) in [6.07, 6.45) is 3.56. The third-order valence-corrected chi connectivity index (χ3v) is 1.46. The van der Waals surface area contributed by atoms with Crippen LogP contribution in [0.1, 0.15) is 6.42 Å². The van der Waals surface area contributed by atoms with Crippen molar-refractivity contribution in [2.75, 3.05) is 0 Å². The molecule has 0 bridgehead atoms. The first-order valence-electron chi connectivity index (χ1n) is 3.52. The lowest BCUT2D eigenvalue weighted by atomic mass is 10.2. The van der Waals surface area contributed by atoms with Gasteiger partial charge in [0, 0.05) is 12.7 Å². The standard InChI is InChI=1S/C6H10N4O2/c7-5(6(11)12)1-3-10-4-2-8-9-10/h2,4-5H,1,3,7H2,(H,11,12). The van der Waals surface area contributed by atoms with E-state index in [1.54, 1.807) is 10.9 Å². The summed E-state index contributed by atoms with van der Waals surface area (Å²) in [7, 11) is 0. The summed E-state index contributed by atoms with van der Waals surface area (Å²) in [6.45, 7) is 0.480. The second kappa shape index (κ2) is 3.82. The van der Waals surface area contributed by atoms with Gasteiger partial charge in [-0.3, -0.25) is 9.48 Å². The summed E-state index contributed by atoms with van der Waals surface area (Å²) in [5, 5.41) is 15.7. The predicted octanol–water partition coefficient (Wildman–Crippen LogP) is -0.920. The van der Waals surface area contributed by atoms with Crippen LogP contribution in [0.3, 0.4) is 0 Å². The summed E-state index contributed by atoms with van der Waals surface area (Å²) in [6, 6.07) is -0.825. The predicted molar refractivity (Wildman–Crippen MR) is 40.3 cm³/mol. The second-order valence-electron chi connectivity index (χ2n) is 2.40. The zero-order chi connectivity index (χ0) is 8.97. The van der Waals surface area contributed by atoms with Crippen LogP contribution in [0.25, 0.3) is 0 Å². The Morgan fingerprint density at radius 3 is 3.00 bits per heavy atom. The number of nitrogens with zero attached hydrogens (tertiary/aromatic N) is 3. The molecule has 0 saturated carbocycles. The molecular weight excluding hydrogens is 160 g/mol. The maximum atomic E-state index is 10.3. The van der Waals surface area contributed by atoms with Crippen molar-refractivity contribution in [3.05, 3.63) is 12.4 Å². The minimum absolute atomic E-state index is 0.360. The molecule has 6 nitrogen and oxygen atoms in total. The lowest BCUT2D eigenvalue weighted by Gasteiger charge is -2.04. The Labute approximate surface area is 69.0 Å². The smallest absolute Gasteiger partial charge is 0.320 e. The first-order chi connectivity index (χ1) is 5.70. The number of hydrogen-bond donors (Lipinski definition) is 2. The Morgan fingerprint density at radius 1 is 1.75 bits per heavy atom. The van der Waals surface area contributed by atoms with Crippen LogP contribution in [0, 0.1) is 0 Å². The molecule has 0 aromatic carbocycles. The Balaban J connectivity index is 2.31. The van der Waals surface area contributed by atoms with Crippen LogP contribution >= 0.6 is 0 Å². The molecule has 12 heavy (non-hydrogen) atoms. The van der Waals surface area contributed by atoms with E-state index in [2.05, 4.69) is 10.3 Å². The molecule has 6 heteroatoms. The summed E-state index contributed by atoms with van der Waals surface area (Å²) >= 11 is 0. The number of aliphatic carboxylic acids is 1. The lowest BCUT2D eigenvalue weighted by molar-refractivity contribution is -0.138. The maximum Gasteiger partial charge on any atom is 0.320 e. The van der Waals surface area contributed by atoms with Crippen LogP contribution < -0.4 is 5.73 Å². The van der Waals surface area contributed by atoms with Crippen LogP contribution in [0.5, 0.6) is 0 Å². The molecule has 66 valence electrons. The van der Waals surface area contributed by atoms with Gasteiger partial charge < -0.3 is 10.8 Å². The molecular formula is C6H10N4O2. The van der Waals surface area contributed by atoms with Crippen molar-refractivity contribution in [1.82, 2.24) is 15.0 Å². The molecule has 0 aliphatic heterocycles. The van der Waals surface area contributed by atoms with Crippen molar-refractivity contribution in [2.45, 2.75) is 19.0 Å². The van der Waals surface area contributed by atoms with Crippen molar-refractivity contribution in [2.24, 2.45) is 5.73 Å². The molecule has 0 radical (unpaired) electrons. The molecule has 1 heterocycles. The fraction of sp³-hybridized carbons (Fsp3) is 0.500. The van der Waals surface area contributed by atoms with Crippen molar-refractivity contribution in [3.8, 4) is 0 Å². The quantitative estimate of drug-likeness (QED) is 0.609. The lowest BCUT2D eigenvalue weighted by Crippen LogP contribution is -2.31. The number of carboxylic acids is 1. The Morgan fingerprint density at radius 2 is 2.50 bits per heavy atom. The molecule has 1 atom stereocenters. The fourth-order valence-corrected chi connectivity index (χ4v) is 0.747. The third kappa shape index (κ3) is 2.31. The van der Waals surface area contributed by atoms with E-state index in [9.17, 15) is 4.79 Å². The molecule has 1 aromatic heterocycles. The number of carbonyl (C=O) groups is 1. The molecule has 0 aliphatic carbocycles. The van der Waals surface area contributed by atoms with Gasteiger partial charge in [0.1, 0.15) is 6.04 Å². The van der Waals surface area contributed by atoms with Gasteiger partial charge in [-0.05, 0) is 6.42 Å². The zero-order valence-electron chi connectivity index (χ0n) is 6.42. The van der Waals surface area contributed by atoms with Gasteiger partial charge >= 0.3 is 5.97 Å². The van der Waals surface area contributed by atoms with E-state index in [4.69, 9.17) is 10.8 Å². The van der Waals surface area contributed by atoms with Gasteiger partial charge in [0.15, 0.2) is 0 Å². The summed E-state index contributed by atoms with van der Waals surface area (Å²) in [5.74, 6) is -0.991. The van der Waals surface area contributed by atoms with E-state index in [-0.39, 0.29) is 0 Å². The number of rotatable bonds is 4. The highest BCUT2D eigenvalue weighted by molar-refractivity contribution is 5.72. The summed E-state index contributed by atoms with van der Waals surface area (Å²) in [4.78, 5) is 10.3. The molecule has 3 N–H and O–H groups in total. The number of aryl methyl sites for hydroxylation is 1. The van der Waals surface area contributed by atoms with Crippen LogP contribution in [-0.2, 0) is 11.3 Å². The fourth-order valence-electron chi connectivity index (χ4n) is 0.747. The molecule has 1 unspecified atom stereocenters. The maximum absolute atomic E-state index is 10.3. The average Bonchev–Trinajstić information content (AvgIpc) is 2.51. The minimum Gasteiger partial charge on any atom is -0.480 e. The molecule has 0 spiro atoms. The second-order valence-corrected chi connectivity index (χ2v) is 2.40. The largest absolute Gasteiger partial charge is 0.480 e. The Kier molecular flexibility index (Phi) is 2.76. The molecule has 0 saturated heterocycles. The first kappa shape index (κ1) is 8.66. The van der Waals surface area contributed by atoms with E-state index in [1.807, 2.05) is 0 Å². The monoisotopic (exact) mass is 170 g/mol. The highest BCUT2D eigenvalue weighted by Crippen LogP contribution is 1.92. The van der Waals surface area contributed by atoms with E-state index < -0.39 is 12.0 Å². The highest BCUT2D eigenvalue weighted by atomic mass is 16.4. The van der Waals surface area contributed by atoms with Gasteiger partial charge in [-0.1, -0.05) is 5.21 Å². The van der Waals surface area contributed by atoms with Gasteiger partial charge in [-0.2, -0.15) is 0 Å². The molecule has 0 fully saturated rings. The number of carboxylic acid groups (broad SMARTS) is 1. The van der Waals surface area contributed by atoms with Gasteiger partial charge in [0.05, 0.1) is 6.20 Å². The van der Waals surface area contributed by atoms with Gasteiger partial charge in [-0.25, -0.2) is 0 Å². The Bertz CT molecular complexity index is 246. The molecule has 0 amide bonds. The number of nitrogens with two attached hydrogens (primary N) is 1. The third-order valence-electron chi connectivity index (χ3n) is 1.46. The molecule has 1 rings (SSSR count). The van der Waals surface area contributed by atoms with E-state index in [1.165, 1.54) is 6.20 Å². The van der Waals surface area contributed by atoms with Crippen LogP contribution in [0.2, 0.25) is 0 Å². The number of hydrogen-bond acceptors (Lipinski definition) is 4. The molecule has 1 aromatic rings. The van der Waals surface area contributed by atoms with Crippen LogP contribution in [0.15, 0.2) is 12.4 Å². The van der Waals surface area contributed by atoms with Gasteiger partial charge in [0.25, 0.3) is 0 Å². The van der Waals surface area contributed by atoms with Crippen LogP contribution in [-0.4, -0.2) is 32.1 Å². The van der Waals surface area contributed by atoms with Gasteiger partial charge in [0.2, 0.25) is 0 Å². The van der Waals surface area contributed by atoms with E-state index in [0.29, 0.717) is 13.0 Å². The minimum atomic E-state index is -0.991. The highest BCUT2D eigenvalue weighted by Gasteiger charge is 2.10. The SMILES string of the molecule is NC(CCn1ccnn1)C(=O)O. The zero-order valence-corrected chi connectivity index (χ0v) is 6.42. The Hall–Kier alpha value is -1.43. The topological polar surface area (TPSA) is 94.0 Å². The normalized spacial score (nSPS) is 12.8. The first-order valence-corrected chi connectivity index (χ1v) is 3.52. The van der Waals surface area contributed by atoms with Crippen molar-refractivity contribution < 1.29 is 9.90 Å². The summed E-state index contributed by atoms with van der Waals surface area (Å²) in [5.41, 5.74) is 5.27. The van der Waals surface area contributed by atoms with Gasteiger partial charge in [-0.15, -0.1) is 5.10 Å². The van der Waals surface area contributed by atoms with Crippen molar-refractivity contribution in [1.29, 1.82) is 0 Å². The van der Waals surface area contributed by atoms with E-state index >= 15 is 0 Å². The van der Waals surface area contributed by atoms with Crippen molar-refractivity contribution in [3.63, 3.8) is 0 Å². The van der Waals surface area contributed by atoms with E-state index in [0.717, 1.165) is 0 Å². The van der Waals surface area contributed by atoms with Crippen LogP contribution in [0.4, 0.5) is 0 Å². The average molecular weight is 170 g/mol. The number of aromatic nitrogens is 3. The summed E-state index contributed by atoms with van der Waals surface area (Å²) < 4.78 is 1.54. The van der Waals surface area contributed by atoms with Crippen molar-refractivity contribution >= 4 is 5.97 Å². The molecule has 0 aliphatic rings.